The van der Waals surface area contributed by atoms with E-state index in [4.69, 9.17) is 17.0 Å². The first-order valence-corrected chi connectivity index (χ1v) is 5.99. The summed E-state index contributed by atoms with van der Waals surface area (Å²) in [6, 6.07) is 7.20. The normalized spacial score (nSPS) is 10.7. The SMILES string of the molecule is CC(C)Oc1cccc(-c2[nH]c(=S)ncc2F)c1. The molecule has 5 heteroatoms. The van der Waals surface area contributed by atoms with Crippen LogP contribution in [0, 0.1) is 10.6 Å². The zero-order chi connectivity index (χ0) is 13.1. The zero-order valence-corrected chi connectivity index (χ0v) is 10.9. The van der Waals surface area contributed by atoms with Gasteiger partial charge in [0.15, 0.2) is 10.6 Å². The van der Waals surface area contributed by atoms with Crippen molar-refractivity contribution >= 4 is 12.2 Å². The molecule has 1 heterocycles. The molecule has 0 fully saturated rings. The standard InChI is InChI=1S/C13H13FN2OS/c1-8(2)17-10-5-3-4-9(6-10)12-11(14)7-15-13(18)16-12/h3-8H,1-2H3,(H,15,16,18). The third-order valence-corrected chi connectivity index (χ3v) is 2.47. The molecule has 0 spiro atoms. The highest BCUT2D eigenvalue weighted by molar-refractivity contribution is 7.71. The number of nitrogens with one attached hydrogen (secondary N) is 1. The number of aromatic amines is 1. The fourth-order valence-electron chi connectivity index (χ4n) is 1.59. The first-order valence-electron chi connectivity index (χ1n) is 5.58. The van der Waals surface area contributed by atoms with Gasteiger partial charge in [-0.2, -0.15) is 0 Å². The van der Waals surface area contributed by atoms with E-state index in [1.54, 1.807) is 12.1 Å². The third kappa shape index (κ3) is 2.92. The zero-order valence-electron chi connectivity index (χ0n) is 10.1. The minimum atomic E-state index is -0.440. The Morgan fingerprint density at radius 1 is 1.39 bits per heavy atom. The van der Waals surface area contributed by atoms with E-state index < -0.39 is 5.82 Å². The molecule has 0 saturated carbocycles. The molecule has 0 unspecified atom stereocenters. The molecule has 0 bridgehead atoms. The molecule has 18 heavy (non-hydrogen) atoms. The van der Waals surface area contributed by atoms with E-state index in [2.05, 4.69) is 9.97 Å². The van der Waals surface area contributed by atoms with Crippen LogP contribution in [0.4, 0.5) is 4.39 Å². The topological polar surface area (TPSA) is 37.9 Å². The minimum absolute atomic E-state index is 0.0704. The first kappa shape index (κ1) is 12.7. The van der Waals surface area contributed by atoms with E-state index in [0.29, 0.717) is 17.0 Å². The molecule has 0 saturated heterocycles. The van der Waals surface area contributed by atoms with E-state index in [-0.39, 0.29) is 10.9 Å². The Balaban J connectivity index is 2.44. The Bertz CT molecular complexity index is 610. The highest BCUT2D eigenvalue weighted by Gasteiger charge is 2.07. The Hall–Kier alpha value is -1.75. The summed E-state index contributed by atoms with van der Waals surface area (Å²) >= 11 is 4.90. The van der Waals surface area contributed by atoms with Gasteiger partial charge in [0, 0.05) is 5.56 Å². The Labute approximate surface area is 110 Å². The van der Waals surface area contributed by atoms with Gasteiger partial charge < -0.3 is 9.72 Å². The van der Waals surface area contributed by atoms with Gasteiger partial charge >= 0.3 is 0 Å². The van der Waals surface area contributed by atoms with Crippen LogP contribution in [0.15, 0.2) is 30.5 Å². The maximum absolute atomic E-state index is 13.7. The summed E-state index contributed by atoms with van der Waals surface area (Å²) in [6.07, 6.45) is 1.19. The molecule has 2 aromatic rings. The number of halogens is 1. The van der Waals surface area contributed by atoms with Crippen molar-refractivity contribution in [3.05, 3.63) is 41.1 Å². The van der Waals surface area contributed by atoms with E-state index in [9.17, 15) is 4.39 Å². The molecule has 0 aliphatic heterocycles. The van der Waals surface area contributed by atoms with Crippen LogP contribution in [-0.4, -0.2) is 16.1 Å². The average molecular weight is 264 g/mol. The fraction of sp³-hybridized carbons (Fsp3) is 0.231. The van der Waals surface area contributed by atoms with Crippen LogP contribution in [0.2, 0.25) is 0 Å². The summed E-state index contributed by atoms with van der Waals surface area (Å²) in [5, 5.41) is 0. The predicted molar refractivity (Wildman–Crippen MR) is 70.6 cm³/mol. The van der Waals surface area contributed by atoms with Gasteiger partial charge in [-0.15, -0.1) is 0 Å². The highest BCUT2D eigenvalue weighted by atomic mass is 32.1. The van der Waals surface area contributed by atoms with E-state index in [0.717, 1.165) is 6.20 Å². The van der Waals surface area contributed by atoms with E-state index >= 15 is 0 Å². The Morgan fingerprint density at radius 3 is 2.89 bits per heavy atom. The lowest BCUT2D eigenvalue weighted by Gasteiger charge is -2.11. The third-order valence-electron chi connectivity index (χ3n) is 2.26. The summed E-state index contributed by atoms with van der Waals surface area (Å²) in [4.78, 5) is 6.43. The van der Waals surface area contributed by atoms with Crippen molar-refractivity contribution in [3.63, 3.8) is 0 Å². The average Bonchev–Trinajstić information content (AvgIpc) is 2.32. The molecule has 94 valence electrons. The lowest BCUT2D eigenvalue weighted by Crippen LogP contribution is -2.05. The van der Waals surface area contributed by atoms with E-state index in [1.165, 1.54) is 0 Å². The van der Waals surface area contributed by atoms with Crippen LogP contribution in [0.25, 0.3) is 11.3 Å². The number of rotatable bonds is 3. The van der Waals surface area contributed by atoms with Crippen molar-refractivity contribution < 1.29 is 9.13 Å². The molecule has 1 aromatic heterocycles. The van der Waals surface area contributed by atoms with Crippen LogP contribution in [0.1, 0.15) is 13.8 Å². The van der Waals surface area contributed by atoms with Crippen molar-refractivity contribution in [3.8, 4) is 17.0 Å². The number of ether oxygens (including phenoxy) is 1. The molecule has 0 atom stereocenters. The summed E-state index contributed by atoms with van der Waals surface area (Å²) in [7, 11) is 0. The Morgan fingerprint density at radius 2 is 2.17 bits per heavy atom. The molecular formula is C13H13FN2OS. The quantitative estimate of drug-likeness (QED) is 0.858. The highest BCUT2D eigenvalue weighted by Crippen LogP contribution is 2.24. The lowest BCUT2D eigenvalue weighted by atomic mass is 10.1. The second-order valence-corrected chi connectivity index (χ2v) is 4.49. The van der Waals surface area contributed by atoms with Gasteiger partial charge in [-0.05, 0) is 38.2 Å². The number of hydrogen-bond acceptors (Lipinski definition) is 3. The molecule has 0 radical (unpaired) electrons. The van der Waals surface area contributed by atoms with Crippen molar-refractivity contribution in [2.75, 3.05) is 0 Å². The van der Waals surface area contributed by atoms with Crippen molar-refractivity contribution in [1.29, 1.82) is 0 Å². The molecule has 0 aliphatic carbocycles. The van der Waals surface area contributed by atoms with Crippen LogP contribution in [0.5, 0.6) is 5.75 Å². The number of nitrogens with zero attached hydrogens (tertiary/aromatic N) is 1. The molecule has 0 amide bonds. The molecule has 1 N–H and O–H groups in total. The second-order valence-electron chi connectivity index (χ2n) is 4.11. The van der Waals surface area contributed by atoms with Gasteiger partial charge in [-0.1, -0.05) is 12.1 Å². The van der Waals surface area contributed by atoms with Gasteiger partial charge in [0.05, 0.1) is 18.0 Å². The van der Waals surface area contributed by atoms with Gasteiger partial charge in [0.1, 0.15) is 5.75 Å². The van der Waals surface area contributed by atoms with Crippen LogP contribution in [0.3, 0.4) is 0 Å². The van der Waals surface area contributed by atoms with Gasteiger partial charge in [0.2, 0.25) is 0 Å². The number of hydrogen-bond donors (Lipinski definition) is 1. The minimum Gasteiger partial charge on any atom is -0.491 e. The summed E-state index contributed by atoms with van der Waals surface area (Å²) < 4.78 is 19.5. The second kappa shape index (κ2) is 5.27. The number of H-pyrrole nitrogens is 1. The monoisotopic (exact) mass is 264 g/mol. The molecule has 3 nitrogen and oxygen atoms in total. The van der Waals surface area contributed by atoms with Crippen LogP contribution < -0.4 is 4.74 Å². The number of benzene rings is 1. The largest absolute Gasteiger partial charge is 0.491 e. The lowest BCUT2D eigenvalue weighted by molar-refractivity contribution is 0.242. The van der Waals surface area contributed by atoms with Crippen LogP contribution in [-0.2, 0) is 0 Å². The molecule has 2 rings (SSSR count). The van der Waals surface area contributed by atoms with Crippen LogP contribution >= 0.6 is 12.2 Å². The van der Waals surface area contributed by atoms with Gasteiger partial charge in [-0.3, -0.25) is 0 Å². The fourth-order valence-corrected chi connectivity index (χ4v) is 1.74. The molecule has 1 aromatic carbocycles. The first-order chi connectivity index (χ1) is 8.56. The smallest absolute Gasteiger partial charge is 0.197 e. The molecular weight excluding hydrogens is 251 g/mol. The van der Waals surface area contributed by atoms with Crippen molar-refractivity contribution in [1.82, 2.24) is 9.97 Å². The van der Waals surface area contributed by atoms with Crippen molar-refractivity contribution in [2.24, 2.45) is 0 Å². The van der Waals surface area contributed by atoms with Crippen molar-refractivity contribution in [2.45, 2.75) is 20.0 Å². The molecule has 0 aliphatic rings. The summed E-state index contributed by atoms with van der Waals surface area (Å²) in [5.74, 6) is 0.253. The van der Waals surface area contributed by atoms with Gasteiger partial charge in [0.25, 0.3) is 0 Å². The number of aromatic nitrogens is 2. The predicted octanol–water partition coefficient (Wildman–Crippen LogP) is 3.73. The Kier molecular flexibility index (Phi) is 3.72. The maximum atomic E-state index is 13.7. The van der Waals surface area contributed by atoms with Gasteiger partial charge in [-0.25, -0.2) is 9.37 Å². The summed E-state index contributed by atoms with van der Waals surface area (Å²) in [6.45, 7) is 3.88. The maximum Gasteiger partial charge on any atom is 0.197 e. The van der Waals surface area contributed by atoms with E-state index in [1.807, 2.05) is 26.0 Å². The summed E-state index contributed by atoms with van der Waals surface area (Å²) in [5.41, 5.74) is 1.00.